The molecule has 0 bridgehead atoms. The quantitative estimate of drug-likeness (QED) is 0.177. The lowest BCUT2D eigenvalue weighted by molar-refractivity contribution is 0.409. The third kappa shape index (κ3) is 5.13. The maximum absolute atomic E-state index is 2.84. The topological polar surface area (TPSA) is 13.0 Å². The maximum Gasteiger partial charge on any atom is 0.156 e. The van der Waals surface area contributed by atoms with Crippen LogP contribution >= 0.6 is 0 Å². The molecule has 58 heavy (non-hydrogen) atoms. The summed E-state index contributed by atoms with van der Waals surface area (Å²) in [6.45, 7) is 0. The molecule has 2 aliphatic carbocycles. The van der Waals surface area contributed by atoms with E-state index in [1.165, 1.54) is 103 Å². The van der Waals surface area contributed by atoms with Gasteiger partial charge in [0, 0.05) is 21.5 Å². The Morgan fingerprint density at radius 1 is 0.259 bits per heavy atom. The Bertz CT molecular complexity index is 2480. The first-order valence-corrected chi connectivity index (χ1v) is 21.7. The molecule has 4 fully saturated rings. The molecule has 4 atom stereocenters. The summed E-state index contributed by atoms with van der Waals surface area (Å²) in [7, 11) is 0. The van der Waals surface area contributed by atoms with Crippen molar-refractivity contribution in [3.05, 3.63) is 182 Å². The van der Waals surface area contributed by atoms with Crippen LogP contribution in [0.4, 0.5) is 22.7 Å². The Morgan fingerprint density at radius 3 is 0.741 bits per heavy atom. The third-order valence-corrected chi connectivity index (χ3v) is 13.9. The van der Waals surface area contributed by atoms with Gasteiger partial charge in [0.25, 0.3) is 0 Å². The largest absolute Gasteiger partial charge is 0.319 e. The summed E-state index contributed by atoms with van der Waals surface area (Å²) >= 11 is 0. The monoisotopic (exact) mass is 752 g/mol. The van der Waals surface area contributed by atoms with E-state index < -0.39 is 0 Å². The molecular weight excluding hydrogens is 705 g/mol. The van der Waals surface area contributed by atoms with E-state index in [4.69, 9.17) is 0 Å². The van der Waals surface area contributed by atoms with Gasteiger partial charge in [0.05, 0.1) is 46.9 Å². The van der Waals surface area contributed by atoms with E-state index in [9.17, 15) is 0 Å². The van der Waals surface area contributed by atoms with Gasteiger partial charge in [-0.3, -0.25) is 0 Å². The summed E-state index contributed by atoms with van der Waals surface area (Å²) in [5, 5.41) is 10.4. The zero-order valence-corrected chi connectivity index (χ0v) is 32.9. The second-order valence-electron chi connectivity index (χ2n) is 17.0. The van der Waals surface area contributed by atoms with Crippen LogP contribution < -0.4 is 19.6 Å². The van der Waals surface area contributed by atoms with Crippen molar-refractivity contribution in [3.63, 3.8) is 0 Å². The minimum Gasteiger partial charge on any atom is -0.319 e. The third-order valence-electron chi connectivity index (χ3n) is 13.9. The van der Waals surface area contributed by atoms with Crippen molar-refractivity contribution < 1.29 is 0 Å². The van der Waals surface area contributed by atoms with E-state index in [-0.39, 0.29) is 0 Å². The van der Waals surface area contributed by atoms with Crippen LogP contribution in [0.25, 0.3) is 43.1 Å². The zero-order chi connectivity index (χ0) is 38.2. The van der Waals surface area contributed by atoms with Crippen LogP contribution in [0.3, 0.4) is 0 Å². The average Bonchev–Trinajstić information content (AvgIpc) is 3.81. The fraction of sp³-hybridized carbons (Fsp3) is 0.222. The smallest absolute Gasteiger partial charge is 0.156 e. The van der Waals surface area contributed by atoms with Crippen LogP contribution in [-0.4, -0.2) is 24.2 Å². The molecule has 4 aliphatic rings. The highest BCUT2D eigenvalue weighted by atomic mass is 15.5. The predicted octanol–water partition coefficient (Wildman–Crippen LogP) is 13.4. The van der Waals surface area contributed by atoms with Crippen molar-refractivity contribution in [2.75, 3.05) is 19.6 Å². The van der Waals surface area contributed by atoms with Gasteiger partial charge in [0.15, 0.2) is 11.6 Å². The number of rotatable bonds is 4. The van der Waals surface area contributed by atoms with Crippen LogP contribution in [0.15, 0.2) is 182 Å². The van der Waals surface area contributed by atoms with Gasteiger partial charge >= 0.3 is 0 Å². The number of benzene rings is 8. The molecule has 4 nitrogen and oxygen atoms in total. The lowest BCUT2D eigenvalue weighted by Gasteiger charge is -2.37. The van der Waals surface area contributed by atoms with E-state index >= 15 is 0 Å². The standard InChI is InChI=1S/C54H48N4/c1-5-25-41-37(17-1)21-13-33-45(41)55-49-29-9-10-30-50(49)56(46-34-14-22-38-18-2-6-26-42(38)46)53(55)54-57(47-35-15-23-39-19-3-7-27-43(39)47)51-31-11-12-32-52(51)58(54)48-36-16-24-40-20-4-8-28-44(40)48/h1-8,13-28,33-36,49-52H,9-12,29-32H2. The first-order valence-electron chi connectivity index (χ1n) is 21.7. The Kier molecular flexibility index (Phi) is 7.99. The molecule has 2 heterocycles. The van der Waals surface area contributed by atoms with Gasteiger partial charge in [-0.25, -0.2) is 0 Å². The second kappa shape index (κ2) is 13.7. The molecule has 0 N–H and O–H groups in total. The summed E-state index contributed by atoms with van der Waals surface area (Å²) in [5.74, 6) is 2.64. The molecule has 2 saturated heterocycles. The maximum atomic E-state index is 2.84. The zero-order valence-electron chi connectivity index (χ0n) is 32.9. The van der Waals surface area contributed by atoms with Crippen molar-refractivity contribution in [3.8, 4) is 0 Å². The first-order chi connectivity index (χ1) is 28.8. The van der Waals surface area contributed by atoms with Crippen molar-refractivity contribution in [1.29, 1.82) is 0 Å². The average molecular weight is 753 g/mol. The highest BCUT2D eigenvalue weighted by Gasteiger charge is 2.54. The number of fused-ring (bicyclic) bond motifs is 6. The SMILES string of the molecule is c1ccc2c(N3C(=C4N(c5cccc6ccccc56)C5CCCCC5N4c4cccc5ccccc45)N(c4cccc5ccccc45)C4CCCCC43)cccc2c1. The van der Waals surface area contributed by atoms with Crippen molar-refractivity contribution in [2.45, 2.75) is 75.5 Å². The Labute approximate surface area is 341 Å². The number of nitrogens with zero attached hydrogens (tertiary/aromatic N) is 4. The summed E-state index contributed by atoms with van der Waals surface area (Å²) in [4.78, 5) is 11.4. The molecule has 8 aromatic rings. The van der Waals surface area contributed by atoms with Gasteiger partial charge in [-0.05, 0) is 71.5 Å². The summed E-state index contributed by atoms with van der Waals surface area (Å²) in [6.07, 6.45) is 9.56. The molecule has 12 rings (SSSR count). The van der Waals surface area contributed by atoms with Gasteiger partial charge in [0.2, 0.25) is 0 Å². The van der Waals surface area contributed by atoms with Crippen molar-refractivity contribution in [1.82, 2.24) is 0 Å². The lowest BCUT2D eigenvalue weighted by atomic mass is 9.89. The Morgan fingerprint density at radius 2 is 0.483 bits per heavy atom. The molecule has 4 heteroatoms. The predicted molar refractivity (Wildman–Crippen MR) is 245 cm³/mol. The molecule has 8 aromatic carbocycles. The number of hydrogen-bond donors (Lipinski definition) is 0. The Balaban J connectivity index is 1.26. The summed E-state index contributed by atoms with van der Waals surface area (Å²) < 4.78 is 0. The molecule has 2 saturated carbocycles. The van der Waals surface area contributed by atoms with Gasteiger partial charge in [-0.2, -0.15) is 0 Å². The van der Waals surface area contributed by atoms with Gasteiger partial charge in [-0.1, -0.05) is 171 Å². The van der Waals surface area contributed by atoms with Crippen LogP contribution in [0.5, 0.6) is 0 Å². The molecule has 284 valence electrons. The van der Waals surface area contributed by atoms with Crippen LogP contribution in [-0.2, 0) is 0 Å². The van der Waals surface area contributed by atoms with Gasteiger partial charge in [0.1, 0.15) is 0 Å². The minimum absolute atomic E-state index is 0.312. The summed E-state index contributed by atoms with van der Waals surface area (Å²) in [6, 6.07) is 65.4. The fourth-order valence-electron chi connectivity index (χ4n) is 11.5. The van der Waals surface area contributed by atoms with Crippen molar-refractivity contribution in [2.24, 2.45) is 0 Å². The van der Waals surface area contributed by atoms with E-state index in [0.29, 0.717) is 24.2 Å². The van der Waals surface area contributed by atoms with E-state index in [0.717, 1.165) is 25.7 Å². The van der Waals surface area contributed by atoms with E-state index in [1.54, 1.807) is 0 Å². The summed E-state index contributed by atoms with van der Waals surface area (Å²) in [5.41, 5.74) is 5.24. The van der Waals surface area contributed by atoms with Crippen LogP contribution in [0.2, 0.25) is 0 Å². The highest BCUT2D eigenvalue weighted by molar-refractivity contribution is 6.02. The second-order valence-corrected chi connectivity index (χ2v) is 17.0. The molecule has 4 unspecified atom stereocenters. The molecule has 2 aliphatic heterocycles. The Hall–Kier alpha value is -6.26. The molecule has 0 radical (unpaired) electrons. The highest BCUT2D eigenvalue weighted by Crippen LogP contribution is 2.54. The molecular formula is C54H48N4. The van der Waals surface area contributed by atoms with Gasteiger partial charge < -0.3 is 19.6 Å². The first kappa shape index (κ1) is 33.8. The van der Waals surface area contributed by atoms with E-state index in [1.807, 2.05) is 0 Å². The molecule has 0 amide bonds. The minimum atomic E-state index is 0.312. The van der Waals surface area contributed by atoms with Gasteiger partial charge in [-0.15, -0.1) is 0 Å². The van der Waals surface area contributed by atoms with Crippen LogP contribution in [0.1, 0.15) is 51.4 Å². The van der Waals surface area contributed by atoms with Crippen molar-refractivity contribution >= 4 is 65.8 Å². The molecule has 0 spiro atoms. The van der Waals surface area contributed by atoms with E-state index in [2.05, 4.69) is 189 Å². The normalized spacial score (nSPS) is 22.1. The molecule has 0 aromatic heterocycles. The fourth-order valence-corrected chi connectivity index (χ4v) is 11.5. The van der Waals surface area contributed by atoms with Crippen LogP contribution in [0, 0.1) is 0 Å². The lowest BCUT2D eigenvalue weighted by Crippen LogP contribution is -2.40. The number of hydrogen-bond acceptors (Lipinski definition) is 4. The number of anilines is 4.